The molecular formula is C21H19ClN2O4S. The third kappa shape index (κ3) is 4.52. The van der Waals surface area contributed by atoms with E-state index in [1.807, 2.05) is 0 Å². The van der Waals surface area contributed by atoms with Gasteiger partial charge in [-0.3, -0.25) is 9.10 Å². The second-order valence-corrected chi connectivity index (χ2v) is 8.52. The van der Waals surface area contributed by atoms with Crippen LogP contribution >= 0.6 is 11.6 Å². The van der Waals surface area contributed by atoms with Crippen molar-refractivity contribution in [2.45, 2.75) is 4.90 Å². The van der Waals surface area contributed by atoms with Crippen molar-refractivity contribution in [1.29, 1.82) is 0 Å². The van der Waals surface area contributed by atoms with Crippen LogP contribution in [0.1, 0.15) is 10.4 Å². The molecule has 0 unspecified atom stereocenters. The van der Waals surface area contributed by atoms with Gasteiger partial charge in [-0.05, 0) is 48.5 Å². The second-order valence-electron chi connectivity index (χ2n) is 6.14. The normalized spacial score (nSPS) is 11.0. The number of amides is 1. The molecule has 0 radical (unpaired) electrons. The third-order valence-electron chi connectivity index (χ3n) is 4.28. The summed E-state index contributed by atoms with van der Waals surface area (Å²) in [6, 6.07) is 19.4. The summed E-state index contributed by atoms with van der Waals surface area (Å²) in [5.41, 5.74) is 1.18. The molecule has 0 saturated heterocycles. The number of nitrogens with zero attached hydrogens (tertiary/aromatic N) is 1. The van der Waals surface area contributed by atoms with Crippen LogP contribution < -0.4 is 14.4 Å². The first-order chi connectivity index (χ1) is 13.8. The highest BCUT2D eigenvalue weighted by molar-refractivity contribution is 7.92. The third-order valence-corrected chi connectivity index (χ3v) is 6.38. The molecule has 1 amide bonds. The minimum absolute atomic E-state index is 0.172. The number of anilines is 2. The zero-order valence-corrected chi connectivity index (χ0v) is 17.4. The van der Waals surface area contributed by atoms with Crippen LogP contribution in [0, 0.1) is 0 Å². The van der Waals surface area contributed by atoms with E-state index in [0.29, 0.717) is 27.7 Å². The zero-order valence-electron chi connectivity index (χ0n) is 15.8. The van der Waals surface area contributed by atoms with E-state index in [0.717, 1.165) is 4.31 Å². The highest BCUT2D eigenvalue weighted by atomic mass is 35.5. The van der Waals surface area contributed by atoms with E-state index in [1.165, 1.54) is 32.4 Å². The minimum atomic E-state index is -3.74. The fourth-order valence-electron chi connectivity index (χ4n) is 2.68. The number of rotatable bonds is 6. The Morgan fingerprint density at radius 2 is 1.72 bits per heavy atom. The monoisotopic (exact) mass is 430 g/mol. The van der Waals surface area contributed by atoms with Gasteiger partial charge in [0.1, 0.15) is 5.75 Å². The largest absolute Gasteiger partial charge is 0.495 e. The van der Waals surface area contributed by atoms with Gasteiger partial charge in [0.25, 0.3) is 15.9 Å². The molecule has 0 aliphatic heterocycles. The highest BCUT2D eigenvalue weighted by Crippen LogP contribution is 2.28. The van der Waals surface area contributed by atoms with Crippen LogP contribution in [0.5, 0.6) is 5.75 Å². The number of ether oxygens (including phenoxy) is 1. The molecule has 3 rings (SSSR count). The summed E-state index contributed by atoms with van der Waals surface area (Å²) in [7, 11) is -0.784. The van der Waals surface area contributed by atoms with E-state index in [4.69, 9.17) is 16.3 Å². The summed E-state index contributed by atoms with van der Waals surface area (Å²) in [6.07, 6.45) is 0. The SMILES string of the molecule is COc1ccc(NC(=O)c2cccc(N(C)S(=O)(=O)c3ccccc3)c2)cc1Cl. The van der Waals surface area contributed by atoms with Gasteiger partial charge >= 0.3 is 0 Å². The molecule has 3 aromatic carbocycles. The summed E-state index contributed by atoms with van der Waals surface area (Å²) >= 11 is 6.08. The smallest absolute Gasteiger partial charge is 0.264 e. The van der Waals surface area contributed by atoms with Gasteiger partial charge in [0.05, 0.1) is 22.7 Å². The number of benzene rings is 3. The standard InChI is InChI=1S/C21H19ClN2O4S/c1-24(29(26,27)18-9-4-3-5-10-18)17-8-6-7-15(13-17)21(25)23-16-11-12-20(28-2)19(22)14-16/h3-14H,1-2H3,(H,23,25). The van der Waals surface area contributed by atoms with Gasteiger partial charge in [-0.1, -0.05) is 35.9 Å². The predicted octanol–water partition coefficient (Wildman–Crippen LogP) is 4.43. The van der Waals surface area contributed by atoms with Crippen molar-refractivity contribution in [1.82, 2.24) is 0 Å². The quantitative estimate of drug-likeness (QED) is 0.627. The first-order valence-corrected chi connectivity index (χ1v) is 10.4. The average Bonchev–Trinajstić information content (AvgIpc) is 2.74. The number of halogens is 1. The van der Waals surface area contributed by atoms with Gasteiger partial charge in [-0.15, -0.1) is 0 Å². The predicted molar refractivity (Wildman–Crippen MR) is 114 cm³/mol. The first-order valence-electron chi connectivity index (χ1n) is 8.62. The summed E-state index contributed by atoms with van der Waals surface area (Å²) in [5.74, 6) is 0.109. The van der Waals surface area contributed by atoms with Gasteiger partial charge < -0.3 is 10.1 Å². The molecule has 0 aromatic heterocycles. The second kappa shape index (κ2) is 8.55. The lowest BCUT2D eigenvalue weighted by Crippen LogP contribution is -2.26. The Bertz CT molecular complexity index is 1130. The van der Waals surface area contributed by atoms with Gasteiger partial charge in [-0.25, -0.2) is 8.42 Å². The molecule has 0 aliphatic rings. The maximum absolute atomic E-state index is 12.8. The lowest BCUT2D eigenvalue weighted by molar-refractivity contribution is 0.102. The van der Waals surface area contributed by atoms with E-state index in [-0.39, 0.29) is 4.90 Å². The molecule has 0 heterocycles. The Morgan fingerprint density at radius 1 is 1.00 bits per heavy atom. The fourth-order valence-corrected chi connectivity index (χ4v) is 4.15. The number of hydrogen-bond donors (Lipinski definition) is 1. The van der Waals surface area contributed by atoms with Crippen molar-refractivity contribution in [3.63, 3.8) is 0 Å². The Labute approximate surface area is 174 Å². The van der Waals surface area contributed by atoms with Crippen molar-refractivity contribution in [3.8, 4) is 5.75 Å². The number of sulfonamides is 1. The number of carbonyl (C=O) groups excluding carboxylic acids is 1. The molecule has 150 valence electrons. The van der Waals surface area contributed by atoms with Crippen molar-refractivity contribution in [3.05, 3.63) is 83.4 Å². The summed E-state index contributed by atoms with van der Waals surface area (Å²) < 4.78 is 31.8. The molecule has 0 bridgehead atoms. The van der Waals surface area contributed by atoms with Gasteiger partial charge in [0.2, 0.25) is 0 Å². The minimum Gasteiger partial charge on any atom is -0.495 e. The topological polar surface area (TPSA) is 75.7 Å². The average molecular weight is 431 g/mol. The van der Waals surface area contributed by atoms with Crippen molar-refractivity contribution < 1.29 is 17.9 Å². The van der Waals surface area contributed by atoms with Crippen LogP contribution in [-0.4, -0.2) is 28.5 Å². The number of nitrogens with one attached hydrogen (secondary N) is 1. The first kappa shape index (κ1) is 20.7. The molecule has 8 heteroatoms. The molecule has 0 aliphatic carbocycles. The van der Waals surface area contributed by atoms with Gasteiger partial charge in [0, 0.05) is 18.3 Å². The molecule has 6 nitrogen and oxygen atoms in total. The lowest BCUT2D eigenvalue weighted by atomic mass is 10.2. The van der Waals surface area contributed by atoms with Crippen molar-refractivity contribution in [2.75, 3.05) is 23.8 Å². The zero-order chi connectivity index (χ0) is 21.0. The molecule has 0 atom stereocenters. The highest BCUT2D eigenvalue weighted by Gasteiger charge is 2.21. The van der Waals surface area contributed by atoms with E-state index in [9.17, 15) is 13.2 Å². The lowest BCUT2D eigenvalue weighted by Gasteiger charge is -2.20. The maximum Gasteiger partial charge on any atom is 0.264 e. The van der Waals surface area contributed by atoms with Gasteiger partial charge in [-0.2, -0.15) is 0 Å². The summed E-state index contributed by atoms with van der Waals surface area (Å²) in [6.45, 7) is 0. The molecule has 0 fully saturated rings. The Morgan fingerprint density at radius 3 is 2.38 bits per heavy atom. The number of methoxy groups -OCH3 is 1. The van der Waals surface area contributed by atoms with Crippen molar-refractivity contribution in [2.24, 2.45) is 0 Å². The molecule has 3 aromatic rings. The molecule has 0 saturated carbocycles. The van der Waals surface area contributed by atoms with Crippen LogP contribution in [0.25, 0.3) is 0 Å². The van der Waals surface area contributed by atoms with Crippen LogP contribution in [0.4, 0.5) is 11.4 Å². The molecule has 29 heavy (non-hydrogen) atoms. The van der Waals surface area contributed by atoms with Crippen LogP contribution in [0.3, 0.4) is 0 Å². The van der Waals surface area contributed by atoms with Crippen LogP contribution in [-0.2, 0) is 10.0 Å². The molecule has 0 spiro atoms. The Hall–Kier alpha value is -3.03. The van der Waals surface area contributed by atoms with E-state index in [1.54, 1.807) is 54.6 Å². The Balaban J connectivity index is 1.83. The van der Waals surface area contributed by atoms with E-state index in [2.05, 4.69) is 5.32 Å². The van der Waals surface area contributed by atoms with E-state index >= 15 is 0 Å². The summed E-state index contributed by atoms with van der Waals surface area (Å²) in [4.78, 5) is 12.8. The van der Waals surface area contributed by atoms with E-state index < -0.39 is 15.9 Å². The van der Waals surface area contributed by atoms with Crippen LogP contribution in [0.15, 0.2) is 77.7 Å². The summed E-state index contributed by atoms with van der Waals surface area (Å²) in [5, 5.41) is 3.11. The maximum atomic E-state index is 12.8. The number of hydrogen-bond acceptors (Lipinski definition) is 4. The molecular weight excluding hydrogens is 412 g/mol. The van der Waals surface area contributed by atoms with Crippen molar-refractivity contribution >= 4 is 38.9 Å². The number of carbonyl (C=O) groups is 1. The molecule has 1 N–H and O–H groups in total. The Kier molecular flexibility index (Phi) is 6.10. The van der Waals surface area contributed by atoms with Crippen LogP contribution in [0.2, 0.25) is 5.02 Å². The van der Waals surface area contributed by atoms with Gasteiger partial charge in [0.15, 0.2) is 0 Å². The fraction of sp³-hybridized carbons (Fsp3) is 0.0952.